The molecule has 0 amide bonds. The lowest BCUT2D eigenvalue weighted by Crippen LogP contribution is -1.89. The van der Waals surface area contributed by atoms with Crippen molar-refractivity contribution in [3.05, 3.63) is 35.5 Å². The van der Waals surface area contributed by atoms with Gasteiger partial charge in [-0.2, -0.15) is 5.10 Å². The first kappa shape index (κ1) is 24.5. The highest BCUT2D eigenvalue weighted by atomic mass is 16.3. The SMILES string of the molecule is CCCCCCCCCc1ccc(O)c(-c2cc(CCCCCCCCC)[nH]n2)c1. The van der Waals surface area contributed by atoms with Crippen molar-refractivity contribution >= 4 is 0 Å². The third-order valence-corrected chi connectivity index (χ3v) is 6.09. The first-order valence-corrected chi connectivity index (χ1v) is 12.6. The molecule has 2 aromatic rings. The van der Waals surface area contributed by atoms with Crippen LogP contribution in [0, 0.1) is 0 Å². The number of hydrogen-bond donors (Lipinski definition) is 2. The quantitative estimate of drug-likeness (QED) is 0.256. The lowest BCUT2D eigenvalue weighted by Gasteiger charge is -2.06. The van der Waals surface area contributed by atoms with Crippen LogP contribution in [-0.4, -0.2) is 15.3 Å². The summed E-state index contributed by atoms with van der Waals surface area (Å²) in [6.07, 6.45) is 20.6. The normalized spacial score (nSPS) is 11.3. The predicted octanol–water partition coefficient (Wildman–Crippen LogP) is 8.37. The molecule has 1 aromatic carbocycles. The van der Waals surface area contributed by atoms with Crippen LogP contribution in [0.4, 0.5) is 0 Å². The summed E-state index contributed by atoms with van der Waals surface area (Å²) in [4.78, 5) is 0. The number of benzene rings is 1. The Bertz CT molecular complexity index is 692. The van der Waals surface area contributed by atoms with Gasteiger partial charge in [-0.05, 0) is 49.4 Å². The first-order chi connectivity index (χ1) is 14.7. The maximum Gasteiger partial charge on any atom is 0.125 e. The van der Waals surface area contributed by atoms with Gasteiger partial charge in [0.05, 0.1) is 5.69 Å². The zero-order valence-corrected chi connectivity index (χ0v) is 19.5. The van der Waals surface area contributed by atoms with Crippen LogP contribution in [0.25, 0.3) is 11.3 Å². The predicted molar refractivity (Wildman–Crippen MR) is 129 cm³/mol. The minimum absolute atomic E-state index is 0.326. The fourth-order valence-corrected chi connectivity index (χ4v) is 4.13. The fourth-order valence-electron chi connectivity index (χ4n) is 4.13. The molecule has 0 atom stereocenters. The molecule has 2 rings (SSSR count). The summed E-state index contributed by atoms with van der Waals surface area (Å²) in [5.74, 6) is 0.326. The van der Waals surface area contributed by atoms with Crippen molar-refractivity contribution in [1.29, 1.82) is 0 Å². The molecule has 168 valence electrons. The molecule has 0 aliphatic carbocycles. The van der Waals surface area contributed by atoms with Crippen LogP contribution in [0.5, 0.6) is 5.75 Å². The molecule has 0 fully saturated rings. The Hall–Kier alpha value is -1.77. The number of phenols is 1. The van der Waals surface area contributed by atoms with Crippen LogP contribution in [-0.2, 0) is 12.8 Å². The lowest BCUT2D eigenvalue weighted by atomic mass is 10.0. The van der Waals surface area contributed by atoms with Gasteiger partial charge in [0, 0.05) is 11.3 Å². The Morgan fingerprint density at radius 2 is 1.27 bits per heavy atom. The van der Waals surface area contributed by atoms with Crippen LogP contribution in [0.2, 0.25) is 0 Å². The maximum atomic E-state index is 10.4. The largest absolute Gasteiger partial charge is 0.507 e. The number of rotatable bonds is 17. The topological polar surface area (TPSA) is 48.9 Å². The molecule has 0 aliphatic rings. The van der Waals surface area contributed by atoms with Crippen molar-refractivity contribution in [2.45, 2.75) is 117 Å². The Kier molecular flexibility index (Phi) is 12.3. The van der Waals surface area contributed by atoms with Crippen LogP contribution in [0.3, 0.4) is 0 Å². The van der Waals surface area contributed by atoms with Crippen molar-refractivity contribution in [3.8, 4) is 17.0 Å². The summed E-state index contributed by atoms with van der Waals surface area (Å²) in [6, 6.07) is 8.13. The number of unbranched alkanes of at least 4 members (excludes halogenated alkanes) is 12. The van der Waals surface area contributed by atoms with Gasteiger partial charge in [-0.3, -0.25) is 5.10 Å². The molecule has 30 heavy (non-hydrogen) atoms. The maximum absolute atomic E-state index is 10.4. The minimum Gasteiger partial charge on any atom is -0.507 e. The molecule has 0 unspecified atom stereocenters. The smallest absolute Gasteiger partial charge is 0.125 e. The lowest BCUT2D eigenvalue weighted by molar-refractivity contribution is 0.477. The Balaban J connectivity index is 1.76. The number of nitrogens with zero attached hydrogens (tertiary/aromatic N) is 1. The van der Waals surface area contributed by atoms with Gasteiger partial charge in [-0.25, -0.2) is 0 Å². The van der Waals surface area contributed by atoms with Crippen molar-refractivity contribution in [2.24, 2.45) is 0 Å². The van der Waals surface area contributed by atoms with Gasteiger partial charge < -0.3 is 5.11 Å². The molecule has 2 N–H and O–H groups in total. The van der Waals surface area contributed by atoms with Gasteiger partial charge in [-0.1, -0.05) is 97.0 Å². The van der Waals surface area contributed by atoms with E-state index < -0.39 is 0 Å². The van der Waals surface area contributed by atoms with Crippen molar-refractivity contribution in [2.75, 3.05) is 0 Å². The third kappa shape index (κ3) is 9.36. The molecule has 0 spiro atoms. The first-order valence-electron chi connectivity index (χ1n) is 12.6. The number of aromatic amines is 1. The van der Waals surface area contributed by atoms with E-state index in [1.807, 2.05) is 6.07 Å². The van der Waals surface area contributed by atoms with Crippen LogP contribution >= 0.6 is 0 Å². The Morgan fingerprint density at radius 1 is 0.700 bits per heavy atom. The molecular formula is C27H44N2O. The van der Waals surface area contributed by atoms with E-state index in [0.29, 0.717) is 5.75 Å². The monoisotopic (exact) mass is 412 g/mol. The number of hydrogen-bond acceptors (Lipinski definition) is 2. The highest BCUT2D eigenvalue weighted by Gasteiger charge is 2.10. The van der Waals surface area contributed by atoms with Crippen LogP contribution in [0.1, 0.15) is 115 Å². The number of aromatic hydroxyl groups is 1. The summed E-state index contributed by atoms with van der Waals surface area (Å²) in [5, 5.41) is 18.0. The zero-order chi connectivity index (χ0) is 21.4. The van der Waals surface area contributed by atoms with Gasteiger partial charge in [0.25, 0.3) is 0 Å². The fraction of sp³-hybridized carbons (Fsp3) is 0.667. The highest BCUT2D eigenvalue weighted by Crippen LogP contribution is 2.30. The molecule has 1 aromatic heterocycles. The summed E-state index contributed by atoms with van der Waals surface area (Å²) >= 11 is 0. The van der Waals surface area contributed by atoms with E-state index in [2.05, 4.69) is 42.2 Å². The standard InChI is InChI=1S/C27H44N2O/c1-3-5-7-9-11-13-15-17-23-19-20-27(30)25(21-23)26-22-24(28-29-26)18-16-14-12-10-8-6-4-2/h19-22,30H,3-18H2,1-2H3,(H,28,29). The van der Waals surface area contributed by atoms with Gasteiger partial charge in [0.2, 0.25) is 0 Å². The van der Waals surface area contributed by atoms with E-state index in [-0.39, 0.29) is 0 Å². The van der Waals surface area contributed by atoms with E-state index in [9.17, 15) is 5.11 Å². The van der Waals surface area contributed by atoms with Gasteiger partial charge >= 0.3 is 0 Å². The second-order valence-electron chi connectivity index (χ2n) is 8.87. The number of H-pyrrole nitrogens is 1. The number of nitrogens with one attached hydrogen (secondary N) is 1. The molecule has 0 bridgehead atoms. The number of aryl methyl sites for hydroxylation is 2. The molecule has 0 radical (unpaired) electrons. The van der Waals surface area contributed by atoms with Crippen molar-refractivity contribution in [3.63, 3.8) is 0 Å². The minimum atomic E-state index is 0.326. The number of phenolic OH excluding ortho intramolecular Hbond substituents is 1. The van der Waals surface area contributed by atoms with E-state index in [1.165, 1.54) is 101 Å². The highest BCUT2D eigenvalue weighted by molar-refractivity contribution is 5.67. The number of aromatic nitrogens is 2. The van der Waals surface area contributed by atoms with E-state index in [0.717, 1.165) is 24.1 Å². The second-order valence-corrected chi connectivity index (χ2v) is 8.87. The van der Waals surface area contributed by atoms with Crippen molar-refractivity contribution < 1.29 is 5.11 Å². The molecular weight excluding hydrogens is 368 g/mol. The molecule has 1 heterocycles. The van der Waals surface area contributed by atoms with Gasteiger partial charge in [0.15, 0.2) is 0 Å². The average Bonchev–Trinajstić information content (AvgIpc) is 3.22. The van der Waals surface area contributed by atoms with Gasteiger partial charge in [0.1, 0.15) is 5.75 Å². The molecule has 0 saturated carbocycles. The zero-order valence-electron chi connectivity index (χ0n) is 19.5. The Labute approximate surface area is 184 Å². The van der Waals surface area contributed by atoms with E-state index in [1.54, 1.807) is 0 Å². The second kappa shape index (κ2) is 15.1. The Morgan fingerprint density at radius 3 is 1.90 bits per heavy atom. The summed E-state index contributed by atoms with van der Waals surface area (Å²) in [7, 11) is 0. The van der Waals surface area contributed by atoms with Gasteiger partial charge in [-0.15, -0.1) is 0 Å². The molecule has 0 saturated heterocycles. The average molecular weight is 413 g/mol. The summed E-state index contributed by atoms with van der Waals surface area (Å²) in [5.41, 5.74) is 4.20. The molecule has 0 aliphatic heterocycles. The summed E-state index contributed by atoms with van der Waals surface area (Å²) in [6.45, 7) is 4.53. The van der Waals surface area contributed by atoms with E-state index >= 15 is 0 Å². The third-order valence-electron chi connectivity index (χ3n) is 6.09. The summed E-state index contributed by atoms with van der Waals surface area (Å²) < 4.78 is 0. The molecule has 3 heteroatoms. The van der Waals surface area contributed by atoms with E-state index in [4.69, 9.17) is 0 Å². The van der Waals surface area contributed by atoms with Crippen molar-refractivity contribution in [1.82, 2.24) is 10.2 Å². The van der Waals surface area contributed by atoms with Crippen LogP contribution < -0.4 is 0 Å². The molecule has 3 nitrogen and oxygen atoms in total. The van der Waals surface area contributed by atoms with Crippen LogP contribution in [0.15, 0.2) is 24.3 Å².